The van der Waals surface area contributed by atoms with Crippen LogP contribution in [0.15, 0.2) is 24.4 Å². The molecule has 0 spiro atoms. The van der Waals surface area contributed by atoms with Crippen LogP contribution in [0.2, 0.25) is 0 Å². The third-order valence-corrected chi connectivity index (χ3v) is 6.57. The van der Waals surface area contributed by atoms with Gasteiger partial charge in [0.05, 0.1) is 24.9 Å². The number of ether oxygens (including phenoxy) is 1. The van der Waals surface area contributed by atoms with Crippen molar-refractivity contribution in [2.45, 2.75) is 97.1 Å². The zero-order chi connectivity index (χ0) is 28.3. The number of carbonyl (C=O) groups excluding carboxylic acids is 1. The van der Waals surface area contributed by atoms with Crippen LogP contribution in [0.5, 0.6) is 0 Å². The minimum absolute atomic E-state index is 0.0673. The van der Waals surface area contributed by atoms with Gasteiger partial charge in [0.2, 0.25) is 5.78 Å². The molecule has 1 aliphatic heterocycles. The molecule has 3 heterocycles. The standard InChI is InChI=1S/C28H39N3O3/c1-18-16-29-25(30-18)23(33)13-20-7-8-22(21-14-27(4,5)34-28(6,15-21)17-32)31-24(20)19-9-11-26(2,3)12-10-19/h7-9,16,21,32H,10-15,17H2,1-6H3,(H,29,30)/i9D,10D2,12D. The monoisotopic (exact) mass is 469 g/mol. The van der Waals surface area contributed by atoms with Crippen molar-refractivity contribution in [2.75, 3.05) is 6.61 Å². The van der Waals surface area contributed by atoms with E-state index in [9.17, 15) is 9.90 Å². The number of aryl methyl sites for hydroxylation is 1. The Bertz CT molecular complexity index is 1270. The summed E-state index contributed by atoms with van der Waals surface area (Å²) in [6.45, 7) is 11.1. The molecule has 4 rings (SSSR count). The molecule has 0 amide bonds. The lowest BCUT2D eigenvalue weighted by Gasteiger charge is -2.46. The summed E-state index contributed by atoms with van der Waals surface area (Å²) in [4.78, 5) is 25.2. The predicted molar refractivity (Wildman–Crippen MR) is 134 cm³/mol. The highest BCUT2D eigenvalue weighted by Gasteiger charge is 2.43. The second-order valence-corrected chi connectivity index (χ2v) is 11.3. The SMILES string of the molecule is [2H]C1=C(c2nc(C3CC(C)(C)OC(C)(CO)C3)ccc2CC(=O)c2ncc(C)[nH]2)C([2H])([2H])C([2H])C(C)(C)C1. The molecule has 1 saturated heterocycles. The Balaban J connectivity index is 1.85. The van der Waals surface area contributed by atoms with Gasteiger partial charge in [-0.05, 0) is 82.3 Å². The first kappa shape index (κ1) is 19.9. The number of aromatic amines is 1. The fraction of sp³-hybridized carbons (Fsp3) is 0.607. The van der Waals surface area contributed by atoms with Gasteiger partial charge in [-0.1, -0.05) is 26.0 Å². The maximum absolute atomic E-state index is 13.1. The number of aromatic nitrogens is 3. The lowest BCUT2D eigenvalue weighted by Crippen LogP contribution is -2.48. The highest BCUT2D eigenvalue weighted by molar-refractivity contribution is 5.94. The second kappa shape index (κ2) is 9.04. The van der Waals surface area contributed by atoms with Crippen molar-refractivity contribution in [1.82, 2.24) is 15.0 Å². The lowest BCUT2D eigenvalue weighted by atomic mass is 9.76. The van der Waals surface area contributed by atoms with Gasteiger partial charge in [-0.3, -0.25) is 9.78 Å². The molecule has 2 aromatic rings. The van der Waals surface area contributed by atoms with Gasteiger partial charge in [-0.15, -0.1) is 0 Å². The Hall–Kier alpha value is -2.31. The summed E-state index contributed by atoms with van der Waals surface area (Å²) in [5.74, 6) is -0.131. The normalized spacial score (nSPS) is 31.9. The van der Waals surface area contributed by atoms with Crippen LogP contribution in [0.25, 0.3) is 5.57 Å². The zero-order valence-corrected chi connectivity index (χ0v) is 21.1. The highest BCUT2D eigenvalue weighted by Crippen LogP contribution is 2.44. The van der Waals surface area contributed by atoms with Gasteiger partial charge in [0, 0.05) is 34.0 Å². The van der Waals surface area contributed by atoms with Crippen LogP contribution >= 0.6 is 0 Å². The number of pyridine rings is 1. The Morgan fingerprint density at radius 3 is 2.74 bits per heavy atom. The van der Waals surface area contributed by atoms with Gasteiger partial charge >= 0.3 is 0 Å². The summed E-state index contributed by atoms with van der Waals surface area (Å²) in [6.07, 6.45) is -0.332. The minimum Gasteiger partial charge on any atom is -0.393 e. The number of ketones is 1. The van der Waals surface area contributed by atoms with Crippen molar-refractivity contribution in [3.63, 3.8) is 0 Å². The molecule has 6 nitrogen and oxygen atoms in total. The molecule has 0 saturated carbocycles. The van der Waals surface area contributed by atoms with Crippen molar-refractivity contribution >= 4 is 11.4 Å². The first-order valence-corrected chi connectivity index (χ1v) is 12.0. The molecule has 1 aliphatic carbocycles. The Labute approximate surface area is 208 Å². The molecule has 2 aromatic heterocycles. The van der Waals surface area contributed by atoms with E-state index in [0.717, 1.165) is 5.69 Å². The van der Waals surface area contributed by atoms with Gasteiger partial charge in [0.1, 0.15) is 0 Å². The second-order valence-electron chi connectivity index (χ2n) is 11.3. The first-order chi connectivity index (χ1) is 17.5. The topological polar surface area (TPSA) is 88.1 Å². The number of allylic oxidation sites excluding steroid dienone is 2. The maximum atomic E-state index is 13.1. The Kier molecular flexibility index (Phi) is 5.30. The molecule has 0 bridgehead atoms. The largest absolute Gasteiger partial charge is 0.393 e. The number of rotatable bonds is 6. The van der Waals surface area contributed by atoms with Crippen molar-refractivity contribution in [3.05, 3.63) is 52.9 Å². The minimum atomic E-state index is -2.14. The van der Waals surface area contributed by atoms with Crippen LogP contribution in [0.1, 0.15) is 111 Å². The molecule has 184 valence electrons. The number of Topliss-reactive ketones (excluding diaryl/α,β-unsaturated/α-hetero) is 1. The molecular weight excluding hydrogens is 426 g/mol. The van der Waals surface area contributed by atoms with Gasteiger partial charge in [-0.25, -0.2) is 4.98 Å². The molecule has 6 heteroatoms. The molecule has 0 radical (unpaired) electrons. The summed E-state index contributed by atoms with van der Waals surface area (Å²) in [7, 11) is 0. The molecule has 2 N–H and O–H groups in total. The van der Waals surface area contributed by atoms with E-state index in [0.29, 0.717) is 24.1 Å². The van der Waals surface area contributed by atoms with Gasteiger partial charge in [0.15, 0.2) is 5.82 Å². The summed E-state index contributed by atoms with van der Waals surface area (Å²) in [6, 6.07) is 3.75. The van der Waals surface area contributed by atoms with Gasteiger partial charge < -0.3 is 14.8 Å². The Morgan fingerprint density at radius 2 is 2.06 bits per heavy atom. The van der Waals surface area contributed by atoms with Crippen molar-refractivity contribution in [2.24, 2.45) is 5.41 Å². The number of aliphatic hydroxyl groups excluding tert-OH is 1. The number of nitrogens with one attached hydrogen (secondary N) is 1. The van der Waals surface area contributed by atoms with E-state index in [1.807, 2.05) is 33.8 Å². The van der Waals surface area contributed by atoms with E-state index in [4.69, 9.17) is 15.2 Å². The third kappa shape index (κ3) is 5.49. The van der Waals surface area contributed by atoms with Crippen molar-refractivity contribution < 1.29 is 20.1 Å². The average Bonchev–Trinajstić information content (AvgIpc) is 3.23. The number of carbonyl (C=O) groups is 1. The number of hydrogen-bond donors (Lipinski definition) is 2. The molecule has 3 atom stereocenters. The highest BCUT2D eigenvalue weighted by atomic mass is 16.5. The predicted octanol–water partition coefficient (Wildman–Crippen LogP) is 5.56. The Morgan fingerprint density at radius 1 is 1.29 bits per heavy atom. The summed E-state index contributed by atoms with van der Waals surface area (Å²) < 4.78 is 41.6. The van der Waals surface area contributed by atoms with E-state index in [-0.39, 0.29) is 54.3 Å². The fourth-order valence-corrected chi connectivity index (χ4v) is 4.98. The number of aliphatic hydroxyl groups is 1. The molecular formula is C28H39N3O3. The lowest BCUT2D eigenvalue weighted by molar-refractivity contribution is -0.187. The van der Waals surface area contributed by atoms with Gasteiger partial charge in [-0.2, -0.15) is 0 Å². The summed E-state index contributed by atoms with van der Waals surface area (Å²) >= 11 is 0. The molecule has 1 fully saturated rings. The summed E-state index contributed by atoms with van der Waals surface area (Å²) in [5, 5.41) is 10.0. The zero-order valence-electron chi connectivity index (χ0n) is 25.1. The smallest absolute Gasteiger partial charge is 0.202 e. The van der Waals surface area contributed by atoms with E-state index in [1.165, 1.54) is 0 Å². The van der Waals surface area contributed by atoms with E-state index in [2.05, 4.69) is 9.97 Å². The van der Waals surface area contributed by atoms with Crippen molar-refractivity contribution in [1.29, 1.82) is 0 Å². The van der Waals surface area contributed by atoms with Crippen LogP contribution in [-0.2, 0) is 11.2 Å². The fourth-order valence-electron chi connectivity index (χ4n) is 4.98. The number of H-pyrrole nitrogens is 1. The summed E-state index contributed by atoms with van der Waals surface area (Å²) in [5.41, 5.74) is 0.305. The van der Waals surface area contributed by atoms with E-state index >= 15 is 0 Å². The number of nitrogens with zero attached hydrogens (tertiary/aromatic N) is 2. The molecule has 2 aliphatic rings. The quantitative estimate of drug-likeness (QED) is 0.541. The maximum Gasteiger partial charge on any atom is 0.202 e. The van der Waals surface area contributed by atoms with E-state index in [1.54, 1.807) is 26.1 Å². The van der Waals surface area contributed by atoms with Gasteiger partial charge in [0.25, 0.3) is 0 Å². The number of hydrogen-bond acceptors (Lipinski definition) is 5. The van der Waals surface area contributed by atoms with Crippen LogP contribution in [-0.4, -0.2) is 43.7 Å². The van der Waals surface area contributed by atoms with Crippen LogP contribution in [0, 0.1) is 12.3 Å². The van der Waals surface area contributed by atoms with Crippen LogP contribution in [0.4, 0.5) is 0 Å². The first-order valence-electron chi connectivity index (χ1n) is 14.0. The van der Waals surface area contributed by atoms with Crippen LogP contribution < -0.4 is 0 Å². The average molecular weight is 470 g/mol. The van der Waals surface area contributed by atoms with Crippen molar-refractivity contribution in [3.8, 4) is 0 Å². The van der Waals surface area contributed by atoms with E-state index < -0.39 is 29.4 Å². The molecule has 34 heavy (non-hydrogen) atoms. The third-order valence-electron chi connectivity index (χ3n) is 6.57. The number of imidazole rings is 1. The molecule has 3 unspecified atom stereocenters. The van der Waals surface area contributed by atoms with Crippen LogP contribution in [0.3, 0.4) is 0 Å². The molecule has 0 aromatic carbocycles.